The van der Waals surface area contributed by atoms with Crippen molar-refractivity contribution < 1.29 is 4.74 Å². The van der Waals surface area contributed by atoms with Crippen LogP contribution in [0.1, 0.15) is 0 Å². The molecular formula is C10H12NO. The van der Waals surface area contributed by atoms with E-state index < -0.39 is 0 Å². The van der Waals surface area contributed by atoms with Gasteiger partial charge in [-0.2, -0.15) is 0 Å². The third kappa shape index (κ3) is 1.13. The highest BCUT2D eigenvalue weighted by Gasteiger charge is 2.18. The number of para-hydroxylation sites is 2. The van der Waals surface area contributed by atoms with Crippen LogP contribution in [0.3, 0.4) is 0 Å². The predicted molar refractivity (Wildman–Crippen MR) is 49.5 cm³/mol. The summed E-state index contributed by atoms with van der Waals surface area (Å²) in [7, 11) is 2.06. The summed E-state index contributed by atoms with van der Waals surface area (Å²) in [4.78, 5) is 2.16. The zero-order chi connectivity index (χ0) is 8.55. The topological polar surface area (TPSA) is 12.5 Å². The Labute approximate surface area is 72.8 Å². The molecule has 1 aromatic carbocycles. The lowest BCUT2D eigenvalue weighted by Crippen LogP contribution is -2.35. The van der Waals surface area contributed by atoms with E-state index in [4.69, 9.17) is 4.74 Å². The number of nitrogens with zero attached hydrogens (tertiary/aromatic N) is 1. The van der Waals surface area contributed by atoms with Gasteiger partial charge in [0.25, 0.3) is 0 Å². The Hall–Kier alpha value is -1.18. The van der Waals surface area contributed by atoms with E-state index in [-0.39, 0.29) is 6.10 Å². The van der Waals surface area contributed by atoms with Gasteiger partial charge in [-0.15, -0.1) is 0 Å². The number of benzene rings is 1. The molecule has 2 nitrogen and oxygen atoms in total. The smallest absolute Gasteiger partial charge is 0.143 e. The summed E-state index contributed by atoms with van der Waals surface area (Å²) in [5.41, 5.74) is 1.15. The first-order chi connectivity index (χ1) is 5.77. The number of ether oxygens (including phenoxy) is 1. The van der Waals surface area contributed by atoms with Crippen LogP contribution in [0, 0.1) is 6.92 Å². The van der Waals surface area contributed by atoms with Crippen molar-refractivity contribution >= 4 is 5.69 Å². The summed E-state index contributed by atoms with van der Waals surface area (Å²) < 4.78 is 5.55. The molecule has 1 aliphatic rings. The molecule has 1 atom stereocenters. The van der Waals surface area contributed by atoms with Gasteiger partial charge in [0.05, 0.1) is 12.2 Å². The van der Waals surface area contributed by atoms with Gasteiger partial charge in [0.1, 0.15) is 11.9 Å². The van der Waals surface area contributed by atoms with Gasteiger partial charge >= 0.3 is 0 Å². The molecule has 0 fully saturated rings. The second kappa shape index (κ2) is 2.70. The average molecular weight is 162 g/mol. The van der Waals surface area contributed by atoms with E-state index in [0.29, 0.717) is 0 Å². The molecule has 0 bridgehead atoms. The molecule has 1 unspecified atom stereocenters. The molecule has 1 heterocycles. The summed E-state index contributed by atoms with van der Waals surface area (Å²) in [6.07, 6.45) is 0.0462. The Morgan fingerprint density at radius 2 is 2.25 bits per heavy atom. The zero-order valence-electron chi connectivity index (χ0n) is 7.16. The molecule has 0 spiro atoms. The SMILES string of the molecule is [CH2]C1CN(C)c2ccccc2O1. The van der Waals surface area contributed by atoms with Gasteiger partial charge < -0.3 is 9.64 Å². The van der Waals surface area contributed by atoms with E-state index in [0.717, 1.165) is 18.0 Å². The molecule has 2 heteroatoms. The van der Waals surface area contributed by atoms with Crippen molar-refractivity contribution in [2.24, 2.45) is 0 Å². The maximum absolute atomic E-state index is 5.55. The fraction of sp³-hybridized carbons (Fsp3) is 0.300. The number of fused-ring (bicyclic) bond motifs is 1. The third-order valence-corrected chi connectivity index (χ3v) is 2.05. The number of likely N-dealkylation sites (N-methyl/N-ethyl adjacent to an activating group) is 1. The minimum absolute atomic E-state index is 0.0462. The molecule has 2 rings (SSSR count). The molecule has 63 valence electrons. The Bertz CT molecular complexity index is 285. The number of rotatable bonds is 0. The molecule has 0 saturated carbocycles. The summed E-state index contributed by atoms with van der Waals surface area (Å²) in [5, 5.41) is 0. The lowest BCUT2D eigenvalue weighted by atomic mass is 10.2. The Balaban J connectivity index is 2.40. The Morgan fingerprint density at radius 1 is 1.50 bits per heavy atom. The molecule has 0 aromatic heterocycles. The first-order valence-electron chi connectivity index (χ1n) is 4.07. The van der Waals surface area contributed by atoms with Crippen LogP contribution in [-0.4, -0.2) is 19.7 Å². The molecule has 1 radical (unpaired) electrons. The Morgan fingerprint density at radius 3 is 3.08 bits per heavy atom. The first-order valence-corrected chi connectivity index (χ1v) is 4.07. The van der Waals surface area contributed by atoms with Crippen molar-refractivity contribution in [2.45, 2.75) is 6.10 Å². The van der Waals surface area contributed by atoms with Crippen molar-refractivity contribution in [3.63, 3.8) is 0 Å². The van der Waals surface area contributed by atoms with E-state index in [1.54, 1.807) is 0 Å². The van der Waals surface area contributed by atoms with Crippen molar-refractivity contribution in [3.05, 3.63) is 31.2 Å². The Kier molecular flexibility index (Phi) is 1.68. The normalized spacial score (nSPS) is 21.5. The lowest BCUT2D eigenvalue weighted by Gasteiger charge is -2.31. The van der Waals surface area contributed by atoms with Crippen LogP contribution >= 0.6 is 0 Å². The minimum atomic E-state index is 0.0462. The van der Waals surface area contributed by atoms with Crippen LogP contribution in [-0.2, 0) is 0 Å². The largest absolute Gasteiger partial charge is 0.486 e. The summed E-state index contributed by atoms with van der Waals surface area (Å²) in [5.74, 6) is 0.936. The summed E-state index contributed by atoms with van der Waals surface area (Å²) >= 11 is 0. The quantitative estimate of drug-likeness (QED) is 0.576. The van der Waals surface area contributed by atoms with E-state index >= 15 is 0 Å². The van der Waals surface area contributed by atoms with Crippen molar-refractivity contribution in [1.82, 2.24) is 0 Å². The van der Waals surface area contributed by atoms with Gasteiger partial charge in [-0.05, 0) is 19.1 Å². The van der Waals surface area contributed by atoms with Crippen LogP contribution in [0.4, 0.5) is 5.69 Å². The first kappa shape index (κ1) is 7.47. The molecule has 0 amide bonds. The highest BCUT2D eigenvalue weighted by molar-refractivity contribution is 5.59. The van der Waals surface area contributed by atoms with Gasteiger partial charge in [-0.1, -0.05) is 12.1 Å². The summed E-state index contributed by atoms with van der Waals surface area (Å²) in [6, 6.07) is 8.03. The molecular weight excluding hydrogens is 150 g/mol. The van der Waals surface area contributed by atoms with Gasteiger partial charge in [0.2, 0.25) is 0 Å². The lowest BCUT2D eigenvalue weighted by molar-refractivity contribution is 0.239. The highest BCUT2D eigenvalue weighted by Crippen LogP contribution is 2.31. The molecule has 12 heavy (non-hydrogen) atoms. The maximum Gasteiger partial charge on any atom is 0.143 e. The van der Waals surface area contributed by atoms with E-state index in [1.807, 2.05) is 18.2 Å². The van der Waals surface area contributed by atoms with E-state index in [2.05, 4.69) is 24.9 Å². The van der Waals surface area contributed by atoms with Gasteiger partial charge in [-0.3, -0.25) is 0 Å². The fourth-order valence-corrected chi connectivity index (χ4v) is 1.49. The molecule has 0 N–H and O–H groups in total. The average Bonchev–Trinajstić information content (AvgIpc) is 2.04. The van der Waals surface area contributed by atoms with Crippen LogP contribution in [0.15, 0.2) is 24.3 Å². The van der Waals surface area contributed by atoms with Crippen LogP contribution in [0.5, 0.6) is 5.75 Å². The standard InChI is InChI=1S/C10H12NO/c1-8-7-11(2)9-5-3-4-6-10(9)12-8/h3-6,8H,1,7H2,2H3. The second-order valence-electron chi connectivity index (χ2n) is 3.09. The number of anilines is 1. The van der Waals surface area contributed by atoms with Gasteiger partial charge in [0.15, 0.2) is 0 Å². The second-order valence-corrected chi connectivity index (χ2v) is 3.09. The minimum Gasteiger partial charge on any atom is -0.486 e. The predicted octanol–water partition coefficient (Wildman–Crippen LogP) is 1.72. The van der Waals surface area contributed by atoms with Crippen molar-refractivity contribution in [2.75, 3.05) is 18.5 Å². The summed E-state index contributed by atoms with van der Waals surface area (Å²) in [6.45, 7) is 4.74. The van der Waals surface area contributed by atoms with Gasteiger partial charge in [-0.25, -0.2) is 0 Å². The monoisotopic (exact) mass is 162 g/mol. The third-order valence-electron chi connectivity index (χ3n) is 2.05. The molecule has 1 aliphatic heterocycles. The van der Waals surface area contributed by atoms with Crippen molar-refractivity contribution in [3.8, 4) is 5.75 Å². The molecule has 0 aliphatic carbocycles. The van der Waals surface area contributed by atoms with E-state index in [9.17, 15) is 0 Å². The van der Waals surface area contributed by atoms with E-state index in [1.165, 1.54) is 0 Å². The van der Waals surface area contributed by atoms with Crippen molar-refractivity contribution in [1.29, 1.82) is 0 Å². The number of hydrogen-bond donors (Lipinski definition) is 0. The highest BCUT2D eigenvalue weighted by atomic mass is 16.5. The fourth-order valence-electron chi connectivity index (χ4n) is 1.49. The molecule has 0 saturated heterocycles. The van der Waals surface area contributed by atoms with Crippen LogP contribution in [0.2, 0.25) is 0 Å². The number of hydrogen-bond acceptors (Lipinski definition) is 2. The van der Waals surface area contributed by atoms with Crippen LogP contribution < -0.4 is 9.64 Å². The van der Waals surface area contributed by atoms with Gasteiger partial charge in [0, 0.05) is 7.05 Å². The molecule has 1 aromatic rings. The van der Waals surface area contributed by atoms with Crippen LogP contribution in [0.25, 0.3) is 0 Å². The maximum atomic E-state index is 5.55. The zero-order valence-corrected chi connectivity index (χ0v) is 7.16.